The van der Waals surface area contributed by atoms with Gasteiger partial charge in [0.05, 0.1) is 11.9 Å². The molecule has 28 heavy (non-hydrogen) atoms. The molecule has 2 heterocycles. The van der Waals surface area contributed by atoms with Crippen LogP contribution in [0.1, 0.15) is 24.7 Å². The van der Waals surface area contributed by atoms with Gasteiger partial charge in [0.2, 0.25) is 0 Å². The molecule has 0 N–H and O–H groups in total. The first kappa shape index (κ1) is 20.0. The smallest absolute Gasteiger partial charge is 0.347 e. The highest BCUT2D eigenvalue weighted by molar-refractivity contribution is 6.31. The van der Waals surface area contributed by atoms with Crippen LogP contribution in [0.5, 0.6) is 5.75 Å². The number of ether oxygens (including phenoxy) is 2. The predicted molar refractivity (Wildman–Crippen MR) is 105 cm³/mol. The Hall–Kier alpha value is -2.71. The second-order valence-electron chi connectivity index (χ2n) is 6.27. The molecule has 148 valence electrons. The summed E-state index contributed by atoms with van der Waals surface area (Å²) in [6.07, 6.45) is 5.72. The molecule has 0 saturated heterocycles. The third-order valence-corrected chi connectivity index (χ3v) is 4.56. The van der Waals surface area contributed by atoms with E-state index in [2.05, 4.69) is 15.1 Å². The summed E-state index contributed by atoms with van der Waals surface area (Å²) in [5.41, 5.74) is 1.99. The number of aromatic nitrogens is 5. The molecule has 0 spiro atoms. The summed E-state index contributed by atoms with van der Waals surface area (Å²) in [6, 6.07) is 3.64. The number of halogens is 1. The summed E-state index contributed by atoms with van der Waals surface area (Å²) >= 11 is 6.28. The Labute approximate surface area is 167 Å². The molecule has 0 aliphatic carbocycles. The van der Waals surface area contributed by atoms with Crippen LogP contribution in [-0.4, -0.2) is 30.9 Å². The normalized spacial score (nSPS) is 11.0. The Kier molecular flexibility index (Phi) is 6.43. The number of rotatable bonds is 8. The van der Waals surface area contributed by atoms with Crippen LogP contribution in [0.25, 0.3) is 11.3 Å². The largest absolute Gasteiger partial charge is 0.485 e. The zero-order valence-corrected chi connectivity index (χ0v) is 16.8. The van der Waals surface area contributed by atoms with Gasteiger partial charge >= 0.3 is 5.69 Å². The number of nitrogens with zero attached hydrogens (tertiary/aromatic N) is 5. The predicted octanol–water partition coefficient (Wildman–Crippen LogP) is 2.96. The summed E-state index contributed by atoms with van der Waals surface area (Å²) in [7, 11) is 1.65. The number of benzene rings is 1. The van der Waals surface area contributed by atoms with Crippen molar-refractivity contribution in [3.8, 4) is 17.0 Å². The van der Waals surface area contributed by atoms with Crippen LogP contribution >= 0.6 is 11.6 Å². The lowest BCUT2D eigenvalue weighted by atomic mass is 10.1. The van der Waals surface area contributed by atoms with Gasteiger partial charge in [-0.1, -0.05) is 18.5 Å². The number of hydrogen-bond donors (Lipinski definition) is 0. The lowest BCUT2D eigenvalue weighted by Gasteiger charge is -2.12. The Morgan fingerprint density at radius 2 is 2.07 bits per heavy atom. The molecule has 8 nitrogen and oxygen atoms in total. The zero-order valence-electron chi connectivity index (χ0n) is 16.1. The van der Waals surface area contributed by atoms with Gasteiger partial charge in [-0.15, -0.1) is 5.10 Å². The summed E-state index contributed by atoms with van der Waals surface area (Å²) in [4.78, 5) is 20.7. The van der Waals surface area contributed by atoms with Crippen molar-refractivity contribution in [1.29, 1.82) is 0 Å². The lowest BCUT2D eigenvalue weighted by molar-refractivity contribution is 0.0662. The van der Waals surface area contributed by atoms with Crippen molar-refractivity contribution in [1.82, 2.24) is 24.3 Å². The van der Waals surface area contributed by atoms with E-state index < -0.39 is 0 Å². The van der Waals surface area contributed by atoms with Crippen LogP contribution in [-0.2, 0) is 25.1 Å². The van der Waals surface area contributed by atoms with E-state index in [-0.39, 0.29) is 19.0 Å². The van der Waals surface area contributed by atoms with Crippen LogP contribution in [0, 0.1) is 6.92 Å². The van der Waals surface area contributed by atoms with Gasteiger partial charge in [0.1, 0.15) is 19.1 Å². The first-order valence-corrected chi connectivity index (χ1v) is 9.28. The first-order chi connectivity index (χ1) is 13.5. The Morgan fingerprint density at radius 1 is 1.25 bits per heavy atom. The van der Waals surface area contributed by atoms with Crippen molar-refractivity contribution in [3.05, 3.63) is 57.6 Å². The van der Waals surface area contributed by atoms with Gasteiger partial charge in [-0.25, -0.2) is 4.79 Å². The van der Waals surface area contributed by atoms with E-state index >= 15 is 0 Å². The molecular formula is C19H22ClN5O3. The summed E-state index contributed by atoms with van der Waals surface area (Å²) in [5, 5.41) is 4.91. The molecule has 3 aromatic rings. The maximum absolute atomic E-state index is 12.3. The van der Waals surface area contributed by atoms with Gasteiger partial charge in [0.25, 0.3) is 0 Å². The average Bonchev–Trinajstić information content (AvgIpc) is 2.97. The molecule has 1 aromatic carbocycles. The fourth-order valence-electron chi connectivity index (χ4n) is 2.59. The summed E-state index contributed by atoms with van der Waals surface area (Å²) in [5.74, 6) is 1.08. The van der Waals surface area contributed by atoms with Crippen LogP contribution in [0.4, 0.5) is 0 Å². The van der Waals surface area contributed by atoms with Crippen molar-refractivity contribution in [2.24, 2.45) is 7.05 Å². The van der Waals surface area contributed by atoms with Crippen molar-refractivity contribution in [2.75, 3.05) is 6.61 Å². The highest BCUT2D eigenvalue weighted by Crippen LogP contribution is 2.33. The number of hydrogen-bond acceptors (Lipinski definition) is 6. The Bertz CT molecular complexity index is 1000. The van der Waals surface area contributed by atoms with E-state index in [1.165, 1.54) is 9.25 Å². The van der Waals surface area contributed by atoms with E-state index in [4.69, 9.17) is 21.1 Å². The Balaban J connectivity index is 1.84. The van der Waals surface area contributed by atoms with Crippen molar-refractivity contribution in [2.45, 2.75) is 33.6 Å². The molecule has 0 fully saturated rings. The SMILES string of the molecule is CCCOCn1nc(COc2cc(C)c(Cl)cc2-c2cnccn2)n(C)c1=O. The van der Waals surface area contributed by atoms with E-state index in [0.29, 0.717) is 28.9 Å². The minimum absolute atomic E-state index is 0.112. The van der Waals surface area contributed by atoms with E-state index in [9.17, 15) is 4.79 Å². The zero-order chi connectivity index (χ0) is 20.1. The molecule has 0 radical (unpaired) electrons. The van der Waals surface area contributed by atoms with Gasteiger partial charge in [-0.2, -0.15) is 4.68 Å². The molecule has 0 bridgehead atoms. The standard InChI is InChI=1S/C19H22ClN5O3/c1-4-7-27-12-25-19(26)24(3)18(23-25)11-28-17-8-13(2)15(20)9-14(17)16-10-21-5-6-22-16/h5-6,8-10H,4,7,11-12H2,1-3H3. The van der Waals surface area contributed by atoms with Crippen LogP contribution in [0.2, 0.25) is 5.02 Å². The topological polar surface area (TPSA) is 84.1 Å². The second kappa shape index (κ2) is 8.99. The molecule has 0 amide bonds. The van der Waals surface area contributed by atoms with Gasteiger partial charge in [-0.3, -0.25) is 14.5 Å². The molecule has 0 unspecified atom stereocenters. The molecule has 9 heteroatoms. The Morgan fingerprint density at radius 3 is 2.79 bits per heavy atom. The fraction of sp³-hybridized carbons (Fsp3) is 0.368. The molecule has 2 aromatic heterocycles. The van der Waals surface area contributed by atoms with Crippen molar-refractivity contribution < 1.29 is 9.47 Å². The monoisotopic (exact) mass is 403 g/mol. The van der Waals surface area contributed by atoms with E-state index in [0.717, 1.165) is 17.5 Å². The maximum atomic E-state index is 12.3. The summed E-state index contributed by atoms with van der Waals surface area (Å²) < 4.78 is 14.1. The third kappa shape index (κ3) is 4.40. The molecule has 0 aliphatic heterocycles. The van der Waals surface area contributed by atoms with Gasteiger partial charge < -0.3 is 9.47 Å². The minimum Gasteiger partial charge on any atom is -0.485 e. The average molecular weight is 404 g/mol. The molecule has 0 aliphatic rings. The highest BCUT2D eigenvalue weighted by atomic mass is 35.5. The van der Waals surface area contributed by atoms with Gasteiger partial charge in [0, 0.05) is 36.6 Å². The molecule has 0 saturated carbocycles. The van der Waals surface area contributed by atoms with Crippen molar-refractivity contribution in [3.63, 3.8) is 0 Å². The van der Waals surface area contributed by atoms with Gasteiger partial charge in [-0.05, 0) is 31.0 Å². The maximum Gasteiger partial charge on any atom is 0.347 e. The van der Waals surface area contributed by atoms with Crippen LogP contribution in [0.15, 0.2) is 35.5 Å². The number of aryl methyl sites for hydroxylation is 1. The second-order valence-corrected chi connectivity index (χ2v) is 6.68. The van der Waals surface area contributed by atoms with Crippen molar-refractivity contribution >= 4 is 11.6 Å². The first-order valence-electron chi connectivity index (χ1n) is 8.91. The molecule has 0 atom stereocenters. The fourth-order valence-corrected chi connectivity index (χ4v) is 2.76. The molecular weight excluding hydrogens is 382 g/mol. The van der Waals surface area contributed by atoms with Crippen LogP contribution in [0.3, 0.4) is 0 Å². The minimum atomic E-state index is -0.254. The van der Waals surface area contributed by atoms with E-state index in [1.54, 1.807) is 31.7 Å². The van der Waals surface area contributed by atoms with Gasteiger partial charge in [0.15, 0.2) is 5.82 Å². The third-order valence-electron chi connectivity index (χ3n) is 4.15. The lowest BCUT2D eigenvalue weighted by Crippen LogP contribution is -2.24. The van der Waals surface area contributed by atoms with E-state index in [1.807, 2.05) is 19.9 Å². The quantitative estimate of drug-likeness (QED) is 0.537. The van der Waals surface area contributed by atoms with Crippen LogP contribution < -0.4 is 10.4 Å². The highest BCUT2D eigenvalue weighted by Gasteiger charge is 2.15. The molecule has 3 rings (SSSR count). The summed E-state index contributed by atoms with van der Waals surface area (Å²) in [6.45, 7) is 4.70.